The van der Waals surface area contributed by atoms with E-state index in [1.165, 1.54) is 12.1 Å². The number of aryl methyl sites for hydroxylation is 1. The molecule has 0 bridgehead atoms. The Hall–Kier alpha value is -2.54. The number of anilines is 1. The zero-order chi connectivity index (χ0) is 18.7. The van der Waals surface area contributed by atoms with Crippen molar-refractivity contribution in [1.29, 1.82) is 0 Å². The standard InChI is InChI=1S/C19H24N4O3/c1-4-15-11-18(22-10-9-13(2)17(12-22)26-3)21-19(20-15)14-5-7-16(8-6-14)23(24)25/h5-8,11,13,17H,4,9-10,12H2,1-3H3. The van der Waals surface area contributed by atoms with Crippen LogP contribution in [0.15, 0.2) is 30.3 Å². The van der Waals surface area contributed by atoms with Crippen LogP contribution in [0.1, 0.15) is 26.0 Å². The number of non-ortho nitro benzene ring substituents is 1. The van der Waals surface area contributed by atoms with E-state index in [4.69, 9.17) is 9.72 Å². The van der Waals surface area contributed by atoms with E-state index in [2.05, 4.69) is 23.7 Å². The summed E-state index contributed by atoms with van der Waals surface area (Å²) in [6.45, 7) is 6.01. The molecule has 0 N–H and O–H groups in total. The summed E-state index contributed by atoms with van der Waals surface area (Å²) in [4.78, 5) is 22.0. The van der Waals surface area contributed by atoms with Crippen LogP contribution in [0.2, 0.25) is 0 Å². The largest absolute Gasteiger partial charge is 0.379 e. The number of hydrogen-bond acceptors (Lipinski definition) is 6. The Morgan fingerprint density at radius 1 is 1.31 bits per heavy atom. The molecule has 1 aliphatic heterocycles. The van der Waals surface area contributed by atoms with Gasteiger partial charge in [-0.2, -0.15) is 0 Å². The van der Waals surface area contributed by atoms with Gasteiger partial charge in [0.15, 0.2) is 5.82 Å². The topological polar surface area (TPSA) is 81.4 Å². The van der Waals surface area contributed by atoms with Crippen LogP contribution >= 0.6 is 0 Å². The molecule has 1 aromatic carbocycles. The second kappa shape index (κ2) is 7.78. The molecule has 7 nitrogen and oxygen atoms in total. The molecule has 138 valence electrons. The van der Waals surface area contributed by atoms with Crippen molar-refractivity contribution in [2.45, 2.75) is 32.8 Å². The highest BCUT2D eigenvalue weighted by Gasteiger charge is 2.27. The summed E-state index contributed by atoms with van der Waals surface area (Å²) in [6, 6.07) is 8.40. The predicted octanol–water partition coefficient (Wildman–Crippen LogP) is 3.48. The number of nitro groups is 1. The van der Waals surface area contributed by atoms with Crippen LogP contribution in [0.3, 0.4) is 0 Å². The molecule has 1 saturated heterocycles. The summed E-state index contributed by atoms with van der Waals surface area (Å²) in [7, 11) is 1.75. The van der Waals surface area contributed by atoms with Crippen LogP contribution < -0.4 is 4.90 Å². The summed E-state index contributed by atoms with van der Waals surface area (Å²) in [6.07, 6.45) is 2.04. The minimum atomic E-state index is -0.404. The van der Waals surface area contributed by atoms with Crippen LogP contribution in [-0.2, 0) is 11.2 Å². The van der Waals surface area contributed by atoms with Gasteiger partial charge in [-0.1, -0.05) is 13.8 Å². The van der Waals surface area contributed by atoms with E-state index < -0.39 is 4.92 Å². The third-order valence-corrected chi connectivity index (χ3v) is 4.98. The molecule has 0 aliphatic carbocycles. The van der Waals surface area contributed by atoms with Gasteiger partial charge in [0.25, 0.3) is 5.69 Å². The van der Waals surface area contributed by atoms with Gasteiger partial charge in [0, 0.05) is 49.7 Å². The fourth-order valence-corrected chi connectivity index (χ4v) is 3.24. The molecule has 2 unspecified atom stereocenters. The van der Waals surface area contributed by atoms with Crippen LogP contribution in [0.5, 0.6) is 0 Å². The lowest BCUT2D eigenvalue weighted by Gasteiger charge is -2.37. The molecule has 1 aliphatic rings. The summed E-state index contributed by atoms with van der Waals surface area (Å²) >= 11 is 0. The lowest BCUT2D eigenvalue weighted by atomic mass is 9.96. The van der Waals surface area contributed by atoms with Crippen LogP contribution in [0.4, 0.5) is 11.5 Å². The molecule has 2 aromatic rings. The lowest BCUT2D eigenvalue weighted by molar-refractivity contribution is -0.384. The van der Waals surface area contributed by atoms with E-state index in [1.807, 2.05) is 6.07 Å². The van der Waals surface area contributed by atoms with Gasteiger partial charge in [-0.05, 0) is 30.9 Å². The quantitative estimate of drug-likeness (QED) is 0.603. The third-order valence-electron chi connectivity index (χ3n) is 4.98. The highest BCUT2D eigenvalue weighted by atomic mass is 16.6. The smallest absolute Gasteiger partial charge is 0.269 e. The summed E-state index contributed by atoms with van der Waals surface area (Å²) in [5, 5.41) is 10.9. The van der Waals surface area contributed by atoms with Crippen molar-refractivity contribution in [3.63, 3.8) is 0 Å². The van der Waals surface area contributed by atoms with Crippen molar-refractivity contribution in [3.8, 4) is 11.4 Å². The normalized spacial score (nSPS) is 20.2. The Labute approximate surface area is 153 Å². The number of rotatable bonds is 5. The van der Waals surface area contributed by atoms with Gasteiger partial charge in [-0.25, -0.2) is 9.97 Å². The monoisotopic (exact) mass is 356 g/mol. The molecule has 26 heavy (non-hydrogen) atoms. The second-order valence-electron chi connectivity index (χ2n) is 6.68. The molecule has 0 radical (unpaired) electrons. The van der Waals surface area contributed by atoms with E-state index in [1.54, 1.807) is 19.2 Å². The highest BCUT2D eigenvalue weighted by molar-refractivity contribution is 5.60. The molecule has 0 spiro atoms. The van der Waals surface area contributed by atoms with E-state index in [9.17, 15) is 10.1 Å². The average molecular weight is 356 g/mol. The van der Waals surface area contributed by atoms with Gasteiger partial charge in [-0.15, -0.1) is 0 Å². The van der Waals surface area contributed by atoms with Gasteiger partial charge in [-0.3, -0.25) is 10.1 Å². The summed E-state index contributed by atoms with van der Waals surface area (Å²) < 4.78 is 5.61. The summed E-state index contributed by atoms with van der Waals surface area (Å²) in [5.41, 5.74) is 1.80. The Balaban J connectivity index is 1.92. The average Bonchev–Trinajstić information content (AvgIpc) is 2.68. The Bertz CT molecular complexity index is 779. The highest BCUT2D eigenvalue weighted by Crippen LogP contribution is 2.27. The van der Waals surface area contributed by atoms with E-state index >= 15 is 0 Å². The second-order valence-corrected chi connectivity index (χ2v) is 6.68. The van der Waals surface area contributed by atoms with Crippen molar-refractivity contribution in [1.82, 2.24) is 9.97 Å². The Morgan fingerprint density at radius 3 is 2.65 bits per heavy atom. The lowest BCUT2D eigenvalue weighted by Crippen LogP contribution is -2.44. The molecule has 1 fully saturated rings. The van der Waals surface area contributed by atoms with Crippen molar-refractivity contribution < 1.29 is 9.66 Å². The number of benzene rings is 1. The zero-order valence-electron chi connectivity index (χ0n) is 15.4. The fraction of sp³-hybridized carbons (Fsp3) is 0.474. The minimum absolute atomic E-state index is 0.0635. The molecule has 0 amide bonds. The number of methoxy groups -OCH3 is 1. The van der Waals surface area contributed by atoms with Crippen molar-refractivity contribution in [3.05, 3.63) is 46.1 Å². The van der Waals surface area contributed by atoms with Crippen molar-refractivity contribution in [2.75, 3.05) is 25.1 Å². The van der Waals surface area contributed by atoms with E-state index in [-0.39, 0.29) is 11.8 Å². The first-order valence-electron chi connectivity index (χ1n) is 8.92. The Kier molecular flexibility index (Phi) is 5.46. The van der Waals surface area contributed by atoms with Crippen molar-refractivity contribution in [2.24, 2.45) is 5.92 Å². The first-order valence-corrected chi connectivity index (χ1v) is 8.92. The van der Waals surface area contributed by atoms with Gasteiger partial charge in [0.2, 0.25) is 0 Å². The maximum Gasteiger partial charge on any atom is 0.269 e. The predicted molar refractivity (Wildman–Crippen MR) is 100 cm³/mol. The first kappa shape index (κ1) is 18.3. The number of nitro benzene ring substituents is 1. The molecular weight excluding hydrogens is 332 g/mol. The maximum atomic E-state index is 10.9. The van der Waals surface area contributed by atoms with Gasteiger partial charge < -0.3 is 9.64 Å². The minimum Gasteiger partial charge on any atom is -0.379 e. The number of nitrogens with zero attached hydrogens (tertiary/aromatic N) is 4. The van der Waals surface area contributed by atoms with Crippen LogP contribution in [0.25, 0.3) is 11.4 Å². The number of hydrogen-bond donors (Lipinski definition) is 0. The van der Waals surface area contributed by atoms with Gasteiger partial charge >= 0.3 is 0 Å². The number of aromatic nitrogens is 2. The maximum absolute atomic E-state index is 10.9. The molecule has 7 heteroatoms. The zero-order valence-corrected chi connectivity index (χ0v) is 15.4. The molecule has 3 rings (SSSR count). The molecule has 0 saturated carbocycles. The third kappa shape index (κ3) is 3.83. The number of piperidine rings is 1. The van der Waals surface area contributed by atoms with Crippen LogP contribution in [-0.4, -0.2) is 41.2 Å². The van der Waals surface area contributed by atoms with Crippen LogP contribution in [0, 0.1) is 16.0 Å². The molecule has 1 aromatic heterocycles. The first-order chi connectivity index (χ1) is 12.5. The van der Waals surface area contributed by atoms with Gasteiger partial charge in [0.05, 0.1) is 11.0 Å². The van der Waals surface area contributed by atoms with Crippen molar-refractivity contribution >= 4 is 11.5 Å². The summed E-state index contributed by atoms with van der Waals surface area (Å²) in [5.74, 6) is 2.01. The van der Waals surface area contributed by atoms with Gasteiger partial charge in [0.1, 0.15) is 5.82 Å². The number of ether oxygens (including phenoxy) is 1. The molecular formula is C19H24N4O3. The molecule has 2 atom stereocenters. The Morgan fingerprint density at radius 2 is 2.04 bits per heavy atom. The fourth-order valence-electron chi connectivity index (χ4n) is 3.24. The van der Waals surface area contributed by atoms with E-state index in [0.717, 1.165) is 43.0 Å². The molecule has 2 heterocycles. The van der Waals surface area contributed by atoms with E-state index in [0.29, 0.717) is 11.7 Å². The SMILES string of the molecule is CCc1cc(N2CCC(C)C(OC)C2)nc(-c2ccc([N+](=O)[O-])cc2)n1.